The second kappa shape index (κ2) is 10.9. The van der Waals surface area contributed by atoms with Crippen LogP contribution in [0, 0.1) is 5.92 Å². The minimum atomic E-state index is -1.15. The van der Waals surface area contributed by atoms with Crippen LogP contribution in [0.4, 0.5) is 4.79 Å². The number of tetrazole rings is 1. The van der Waals surface area contributed by atoms with E-state index in [1.807, 2.05) is 18.2 Å². The Labute approximate surface area is 173 Å². The molecule has 11 nitrogen and oxygen atoms in total. The number of carboxylic acids is 1. The van der Waals surface area contributed by atoms with Gasteiger partial charge in [0.25, 0.3) is 0 Å². The zero-order chi connectivity index (χ0) is 22.1. The maximum absolute atomic E-state index is 12.7. The second-order valence-corrected chi connectivity index (χ2v) is 7.08. The molecule has 0 bridgehead atoms. The SMILES string of the molecule is CC(C)[C@H](NC(=O)[C@H](CCc1nnnn1C)NC(=O)OCc1ccccc1)C(=O)O. The quantitative estimate of drug-likeness (QED) is 0.510. The number of aromatic nitrogens is 4. The molecule has 0 saturated heterocycles. The first kappa shape index (κ1) is 22.8. The number of aryl methyl sites for hydroxylation is 2. The smallest absolute Gasteiger partial charge is 0.408 e. The Morgan fingerprint density at radius 1 is 1.17 bits per heavy atom. The van der Waals surface area contributed by atoms with Gasteiger partial charge in [0, 0.05) is 13.5 Å². The van der Waals surface area contributed by atoms with Crippen molar-refractivity contribution in [2.24, 2.45) is 13.0 Å². The van der Waals surface area contributed by atoms with E-state index in [-0.39, 0.29) is 18.9 Å². The zero-order valence-electron chi connectivity index (χ0n) is 17.1. The van der Waals surface area contributed by atoms with E-state index >= 15 is 0 Å². The summed E-state index contributed by atoms with van der Waals surface area (Å²) in [5, 5.41) is 25.4. The molecule has 2 aromatic rings. The molecule has 0 radical (unpaired) electrons. The number of hydrogen-bond donors (Lipinski definition) is 3. The number of nitrogens with zero attached hydrogens (tertiary/aromatic N) is 4. The number of nitrogens with one attached hydrogen (secondary N) is 2. The van der Waals surface area contributed by atoms with E-state index in [9.17, 15) is 19.5 Å². The molecule has 1 aromatic carbocycles. The van der Waals surface area contributed by atoms with E-state index in [0.29, 0.717) is 12.2 Å². The van der Waals surface area contributed by atoms with Crippen LogP contribution >= 0.6 is 0 Å². The van der Waals surface area contributed by atoms with E-state index in [1.54, 1.807) is 33.0 Å². The Morgan fingerprint density at radius 3 is 2.43 bits per heavy atom. The van der Waals surface area contributed by atoms with Crippen molar-refractivity contribution in [1.82, 2.24) is 30.8 Å². The second-order valence-electron chi connectivity index (χ2n) is 7.08. The Hall–Kier alpha value is -3.50. The van der Waals surface area contributed by atoms with E-state index < -0.39 is 30.1 Å². The van der Waals surface area contributed by atoms with Gasteiger partial charge in [0.2, 0.25) is 5.91 Å². The van der Waals surface area contributed by atoms with Gasteiger partial charge in [0.15, 0.2) is 5.82 Å². The molecule has 0 spiro atoms. The molecule has 2 rings (SSSR count). The van der Waals surface area contributed by atoms with Gasteiger partial charge in [-0.2, -0.15) is 0 Å². The first-order valence-corrected chi connectivity index (χ1v) is 9.49. The molecule has 30 heavy (non-hydrogen) atoms. The predicted octanol–water partition coefficient (Wildman–Crippen LogP) is 0.663. The van der Waals surface area contributed by atoms with Gasteiger partial charge in [0.1, 0.15) is 18.7 Å². The average Bonchev–Trinajstić information content (AvgIpc) is 3.12. The molecule has 162 valence electrons. The minimum absolute atomic E-state index is 0.0396. The first-order chi connectivity index (χ1) is 14.3. The van der Waals surface area contributed by atoms with Gasteiger partial charge in [-0.15, -0.1) is 5.10 Å². The van der Waals surface area contributed by atoms with E-state index in [4.69, 9.17) is 4.74 Å². The van der Waals surface area contributed by atoms with Gasteiger partial charge in [-0.25, -0.2) is 14.3 Å². The molecular weight excluding hydrogens is 392 g/mol. The fourth-order valence-electron chi connectivity index (χ4n) is 2.68. The van der Waals surface area contributed by atoms with E-state index in [2.05, 4.69) is 26.2 Å². The van der Waals surface area contributed by atoms with Crippen molar-refractivity contribution in [1.29, 1.82) is 0 Å². The highest BCUT2D eigenvalue weighted by molar-refractivity contribution is 5.89. The summed E-state index contributed by atoms with van der Waals surface area (Å²) in [4.78, 5) is 36.4. The first-order valence-electron chi connectivity index (χ1n) is 9.49. The lowest BCUT2D eigenvalue weighted by Crippen LogP contribution is -2.53. The summed E-state index contributed by atoms with van der Waals surface area (Å²) < 4.78 is 6.63. The van der Waals surface area contributed by atoms with Crippen LogP contribution in [0.2, 0.25) is 0 Å². The fraction of sp³-hybridized carbons (Fsp3) is 0.474. The standard InChI is InChI=1S/C19H26N6O5/c1-12(2)16(18(27)28)21-17(26)14(9-10-15-22-23-24-25(15)3)20-19(29)30-11-13-7-5-4-6-8-13/h4-8,12,14,16H,9-11H2,1-3H3,(H,20,29)(H,21,26)(H,27,28)/t14-,16-/m0/s1. The summed E-state index contributed by atoms with van der Waals surface area (Å²) in [6.07, 6.45) is -0.336. The Kier molecular flexibility index (Phi) is 8.27. The van der Waals surface area contributed by atoms with Crippen molar-refractivity contribution in [2.45, 2.75) is 45.4 Å². The normalized spacial score (nSPS) is 12.8. The van der Waals surface area contributed by atoms with Crippen molar-refractivity contribution in [2.75, 3.05) is 0 Å². The third-order valence-corrected chi connectivity index (χ3v) is 4.42. The number of ether oxygens (including phenoxy) is 1. The number of aliphatic carboxylic acids is 1. The van der Waals surface area contributed by atoms with Gasteiger partial charge in [-0.05, 0) is 28.3 Å². The van der Waals surface area contributed by atoms with Crippen LogP contribution in [0.25, 0.3) is 0 Å². The highest BCUT2D eigenvalue weighted by Crippen LogP contribution is 2.07. The van der Waals surface area contributed by atoms with Gasteiger partial charge >= 0.3 is 12.1 Å². The molecule has 0 unspecified atom stereocenters. The molecule has 0 aliphatic carbocycles. The lowest BCUT2D eigenvalue weighted by atomic mass is 10.0. The van der Waals surface area contributed by atoms with Crippen LogP contribution in [0.3, 0.4) is 0 Å². The van der Waals surface area contributed by atoms with Crippen molar-refractivity contribution in [3.63, 3.8) is 0 Å². The van der Waals surface area contributed by atoms with Crippen LogP contribution in [0.5, 0.6) is 0 Å². The van der Waals surface area contributed by atoms with Crippen LogP contribution in [0.1, 0.15) is 31.7 Å². The number of carbonyl (C=O) groups is 3. The van der Waals surface area contributed by atoms with Gasteiger partial charge < -0.3 is 20.5 Å². The number of carboxylic acid groups (broad SMARTS) is 1. The molecule has 2 atom stereocenters. The summed E-state index contributed by atoms with van der Waals surface area (Å²) in [6.45, 7) is 3.40. The molecule has 0 aliphatic heterocycles. The largest absolute Gasteiger partial charge is 0.480 e. The number of benzene rings is 1. The van der Waals surface area contributed by atoms with Crippen molar-refractivity contribution >= 4 is 18.0 Å². The molecule has 2 amide bonds. The summed E-state index contributed by atoms with van der Waals surface area (Å²) in [5.41, 5.74) is 0.796. The van der Waals surface area contributed by atoms with E-state index in [1.165, 1.54) is 4.68 Å². The number of amides is 2. The fourth-order valence-corrected chi connectivity index (χ4v) is 2.68. The highest BCUT2D eigenvalue weighted by atomic mass is 16.5. The summed E-state index contributed by atoms with van der Waals surface area (Å²) in [5.74, 6) is -1.59. The number of alkyl carbamates (subject to hydrolysis) is 1. The molecule has 1 aromatic heterocycles. The molecule has 1 heterocycles. The lowest BCUT2D eigenvalue weighted by molar-refractivity contribution is -0.143. The van der Waals surface area contributed by atoms with Crippen LogP contribution < -0.4 is 10.6 Å². The number of rotatable bonds is 10. The molecular formula is C19H26N6O5. The Bertz CT molecular complexity index is 854. The monoisotopic (exact) mass is 418 g/mol. The topological polar surface area (TPSA) is 148 Å². The van der Waals surface area contributed by atoms with Gasteiger partial charge in [0.05, 0.1) is 0 Å². The highest BCUT2D eigenvalue weighted by Gasteiger charge is 2.29. The van der Waals surface area contributed by atoms with Gasteiger partial charge in [-0.1, -0.05) is 44.2 Å². The van der Waals surface area contributed by atoms with Gasteiger partial charge in [-0.3, -0.25) is 4.79 Å². The van der Waals surface area contributed by atoms with Crippen LogP contribution in [0.15, 0.2) is 30.3 Å². The maximum atomic E-state index is 12.7. The number of carbonyl (C=O) groups excluding carboxylic acids is 2. The Morgan fingerprint density at radius 2 is 1.87 bits per heavy atom. The summed E-state index contributed by atoms with van der Waals surface area (Å²) in [7, 11) is 1.66. The molecule has 3 N–H and O–H groups in total. The molecule has 0 saturated carbocycles. The minimum Gasteiger partial charge on any atom is -0.480 e. The average molecular weight is 418 g/mol. The third kappa shape index (κ3) is 6.83. The molecule has 11 heteroatoms. The Balaban J connectivity index is 2.03. The lowest BCUT2D eigenvalue weighted by Gasteiger charge is -2.23. The van der Waals surface area contributed by atoms with Crippen molar-refractivity contribution in [3.8, 4) is 0 Å². The molecule has 0 fully saturated rings. The number of hydrogen-bond acceptors (Lipinski definition) is 7. The van der Waals surface area contributed by atoms with Crippen molar-refractivity contribution in [3.05, 3.63) is 41.7 Å². The van der Waals surface area contributed by atoms with Crippen molar-refractivity contribution < 1.29 is 24.2 Å². The third-order valence-electron chi connectivity index (χ3n) is 4.42. The predicted molar refractivity (Wildman–Crippen MR) is 105 cm³/mol. The van der Waals surface area contributed by atoms with Crippen LogP contribution in [-0.4, -0.2) is 55.4 Å². The van der Waals surface area contributed by atoms with Crippen LogP contribution in [-0.2, 0) is 34.4 Å². The summed E-state index contributed by atoms with van der Waals surface area (Å²) in [6, 6.07) is 6.99. The zero-order valence-corrected chi connectivity index (χ0v) is 17.1. The summed E-state index contributed by atoms with van der Waals surface area (Å²) >= 11 is 0. The maximum Gasteiger partial charge on any atom is 0.408 e. The molecule has 0 aliphatic rings. The van der Waals surface area contributed by atoms with E-state index in [0.717, 1.165) is 5.56 Å².